The lowest BCUT2D eigenvalue weighted by atomic mass is 9.97. The van der Waals surface area contributed by atoms with Crippen LogP contribution in [0.15, 0.2) is 49.1 Å². The summed E-state index contributed by atoms with van der Waals surface area (Å²) in [5.74, 6) is 0.838. The molecule has 0 radical (unpaired) electrons. The van der Waals surface area contributed by atoms with Gasteiger partial charge in [-0.05, 0) is 37.5 Å². The maximum Gasteiger partial charge on any atom is 0.225 e. The van der Waals surface area contributed by atoms with Gasteiger partial charge in [0.2, 0.25) is 11.9 Å². The Morgan fingerprint density at radius 1 is 1.15 bits per heavy atom. The number of imidazole rings is 1. The number of aromatic nitrogens is 4. The van der Waals surface area contributed by atoms with Crippen molar-refractivity contribution >= 4 is 22.9 Å². The van der Waals surface area contributed by atoms with E-state index in [9.17, 15) is 4.79 Å². The molecule has 4 rings (SSSR count). The molecule has 3 heterocycles. The number of hydrogen-bond acceptors (Lipinski definition) is 5. The summed E-state index contributed by atoms with van der Waals surface area (Å²) >= 11 is 0. The summed E-state index contributed by atoms with van der Waals surface area (Å²) < 4.78 is 2.14. The van der Waals surface area contributed by atoms with E-state index in [1.54, 1.807) is 18.5 Å². The number of hydrogen-bond donors (Lipinski definition) is 1. The largest absolute Gasteiger partial charge is 0.356 e. The van der Waals surface area contributed by atoms with Crippen molar-refractivity contribution in [2.75, 3.05) is 24.5 Å². The Balaban J connectivity index is 1.25. The molecule has 7 nitrogen and oxygen atoms in total. The van der Waals surface area contributed by atoms with Crippen LogP contribution in [0, 0.1) is 5.92 Å². The van der Waals surface area contributed by atoms with E-state index in [-0.39, 0.29) is 11.8 Å². The number of anilines is 1. The Morgan fingerprint density at radius 2 is 2.00 bits per heavy atom. The number of carbonyl (C=O) groups is 1. The fourth-order valence-corrected chi connectivity index (χ4v) is 3.62. The normalized spacial score (nSPS) is 17.2. The molecule has 0 spiro atoms. The number of nitrogens with one attached hydrogen (secondary N) is 1. The van der Waals surface area contributed by atoms with Crippen LogP contribution < -0.4 is 10.2 Å². The van der Waals surface area contributed by atoms with Gasteiger partial charge in [-0.3, -0.25) is 4.79 Å². The van der Waals surface area contributed by atoms with Crippen LogP contribution >= 0.6 is 0 Å². The highest BCUT2D eigenvalue weighted by molar-refractivity contribution is 5.79. The van der Waals surface area contributed by atoms with Crippen LogP contribution in [-0.4, -0.2) is 45.1 Å². The Hall–Kier alpha value is -2.96. The van der Waals surface area contributed by atoms with E-state index < -0.39 is 0 Å². The molecular formula is C20H24N6O. The first-order valence-corrected chi connectivity index (χ1v) is 9.51. The van der Waals surface area contributed by atoms with Crippen LogP contribution in [0.2, 0.25) is 0 Å². The summed E-state index contributed by atoms with van der Waals surface area (Å²) in [6.07, 6.45) is 8.13. The van der Waals surface area contributed by atoms with Gasteiger partial charge in [-0.15, -0.1) is 0 Å². The highest BCUT2D eigenvalue weighted by Crippen LogP contribution is 2.20. The second kappa shape index (κ2) is 8.16. The topological polar surface area (TPSA) is 75.9 Å². The van der Waals surface area contributed by atoms with Gasteiger partial charge in [-0.2, -0.15) is 0 Å². The predicted molar refractivity (Wildman–Crippen MR) is 104 cm³/mol. The minimum absolute atomic E-state index is 0.00312. The van der Waals surface area contributed by atoms with Crippen molar-refractivity contribution in [3.63, 3.8) is 0 Å². The van der Waals surface area contributed by atoms with Gasteiger partial charge in [0, 0.05) is 38.6 Å². The molecule has 0 bridgehead atoms. The molecule has 1 atom stereocenters. The van der Waals surface area contributed by atoms with E-state index in [4.69, 9.17) is 0 Å². The first-order valence-electron chi connectivity index (χ1n) is 9.51. The van der Waals surface area contributed by atoms with Crippen molar-refractivity contribution in [1.29, 1.82) is 0 Å². The quantitative estimate of drug-likeness (QED) is 0.679. The summed E-state index contributed by atoms with van der Waals surface area (Å²) in [4.78, 5) is 27.7. The number of aryl methyl sites for hydroxylation is 1. The first kappa shape index (κ1) is 17.5. The van der Waals surface area contributed by atoms with E-state index in [0.29, 0.717) is 19.0 Å². The van der Waals surface area contributed by atoms with Crippen molar-refractivity contribution in [2.24, 2.45) is 5.92 Å². The number of nitrogens with zero attached hydrogens (tertiary/aromatic N) is 5. The second-order valence-corrected chi connectivity index (χ2v) is 6.91. The maximum absolute atomic E-state index is 12.6. The number of benzene rings is 1. The lowest BCUT2D eigenvalue weighted by Gasteiger charge is -2.31. The molecule has 1 amide bonds. The summed E-state index contributed by atoms with van der Waals surface area (Å²) in [5, 5.41) is 3.09. The number of para-hydroxylation sites is 2. The van der Waals surface area contributed by atoms with Crippen molar-refractivity contribution < 1.29 is 4.79 Å². The molecule has 1 saturated heterocycles. The predicted octanol–water partition coefficient (Wildman–Crippen LogP) is 2.25. The van der Waals surface area contributed by atoms with Crippen LogP contribution in [0.3, 0.4) is 0 Å². The molecule has 1 aliphatic rings. The van der Waals surface area contributed by atoms with Crippen LogP contribution in [0.5, 0.6) is 0 Å². The Kier molecular flexibility index (Phi) is 5.27. The zero-order valence-corrected chi connectivity index (χ0v) is 15.3. The Bertz CT molecular complexity index is 894. The van der Waals surface area contributed by atoms with Crippen LogP contribution in [0.1, 0.15) is 19.3 Å². The SMILES string of the molecule is O=C(NCCCn1cnc2ccccc21)C1CCCN(c2ncccn2)C1. The zero-order chi connectivity index (χ0) is 18.5. The maximum atomic E-state index is 12.6. The van der Waals surface area contributed by atoms with Crippen LogP contribution in [-0.2, 0) is 11.3 Å². The van der Waals surface area contributed by atoms with Gasteiger partial charge in [0.15, 0.2) is 0 Å². The standard InChI is InChI=1S/C20H24N6O/c27-19(16-6-3-12-25(14-16)20-22-9-4-10-23-20)21-11-5-13-26-15-24-17-7-1-2-8-18(17)26/h1-2,4,7-10,15-16H,3,5-6,11-14H2,(H,21,27). The monoisotopic (exact) mass is 364 g/mol. The summed E-state index contributed by atoms with van der Waals surface area (Å²) in [6.45, 7) is 3.10. The average molecular weight is 364 g/mol. The van der Waals surface area contributed by atoms with E-state index >= 15 is 0 Å². The van der Waals surface area contributed by atoms with Gasteiger partial charge in [-0.25, -0.2) is 15.0 Å². The molecule has 1 aliphatic heterocycles. The molecule has 1 N–H and O–H groups in total. The molecule has 7 heteroatoms. The molecule has 140 valence electrons. The fraction of sp³-hybridized carbons (Fsp3) is 0.400. The molecule has 27 heavy (non-hydrogen) atoms. The van der Waals surface area contributed by atoms with Gasteiger partial charge in [0.05, 0.1) is 23.3 Å². The molecule has 2 aromatic heterocycles. The molecule has 0 saturated carbocycles. The van der Waals surface area contributed by atoms with E-state index in [1.165, 1.54) is 0 Å². The molecular weight excluding hydrogens is 340 g/mol. The van der Waals surface area contributed by atoms with E-state index in [2.05, 4.69) is 35.8 Å². The first-order chi connectivity index (χ1) is 13.3. The molecule has 1 unspecified atom stereocenters. The van der Waals surface area contributed by atoms with E-state index in [0.717, 1.165) is 43.4 Å². The number of piperidine rings is 1. The smallest absolute Gasteiger partial charge is 0.225 e. The third-order valence-corrected chi connectivity index (χ3v) is 5.03. The number of fused-ring (bicyclic) bond motifs is 1. The second-order valence-electron chi connectivity index (χ2n) is 6.91. The van der Waals surface area contributed by atoms with Crippen LogP contribution in [0.25, 0.3) is 11.0 Å². The molecule has 0 aliphatic carbocycles. The average Bonchev–Trinajstić information content (AvgIpc) is 3.15. The summed E-state index contributed by atoms with van der Waals surface area (Å²) in [6, 6.07) is 9.91. The third kappa shape index (κ3) is 4.07. The third-order valence-electron chi connectivity index (χ3n) is 5.03. The zero-order valence-electron chi connectivity index (χ0n) is 15.3. The molecule has 1 aromatic carbocycles. The molecule has 1 fully saturated rings. The highest BCUT2D eigenvalue weighted by Gasteiger charge is 2.26. The lowest BCUT2D eigenvalue weighted by Crippen LogP contribution is -2.44. The van der Waals surface area contributed by atoms with Gasteiger partial charge in [0.1, 0.15) is 0 Å². The van der Waals surface area contributed by atoms with Crippen LogP contribution in [0.4, 0.5) is 5.95 Å². The number of carbonyl (C=O) groups excluding carboxylic acids is 1. The van der Waals surface area contributed by atoms with Crippen molar-refractivity contribution in [2.45, 2.75) is 25.8 Å². The van der Waals surface area contributed by atoms with Gasteiger partial charge in [0.25, 0.3) is 0 Å². The molecule has 3 aromatic rings. The van der Waals surface area contributed by atoms with Gasteiger partial charge >= 0.3 is 0 Å². The number of amides is 1. The fourth-order valence-electron chi connectivity index (χ4n) is 3.62. The minimum atomic E-state index is -0.00312. The number of rotatable bonds is 6. The lowest BCUT2D eigenvalue weighted by molar-refractivity contribution is -0.125. The highest BCUT2D eigenvalue weighted by atomic mass is 16.1. The Labute approximate surface area is 158 Å². The minimum Gasteiger partial charge on any atom is -0.356 e. The van der Waals surface area contributed by atoms with Crippen molar-refractivity contribution in [3.8, 4) is 0 Å². The summed E-state index contributed by atoms with van der Waals surface area (Å²) in [5.41, 5.74) is 2.14. The van der Waals surface area contributed by atoms with Gasteiger partial charge in [-0.1, -0.05) is 12.1 Å². The van der Waals surface area contributed by atoms with E-state index in [1.807, 2.05) is 24.5 Å². The van der Waals surface area contributed by atoms with Crippen molar-refractivity contribution in [1.82, 2.24) is 24.8 Å². The summed E-state index contributed by atoms with van der Waals surface area (Å²) in [7, 11) is 0. The Morgan fingerprint density at radius 3 is 2.89 bits per heavy atom. The van der Waals surface area contributed by atoms with Gasteiger partial charge < -0.3 is 14.8 Å². The van der Waals surface area contributed by atoms with Crippen molar-refractivity contribution in [3.05, 3.63) is 49.1 Å².